The zero-order valence-corrected chi connectivity index (χ0v) is 17.0. The van der Waals surface area contributed by atoms with Crippen molar-refractivity contribution in [2.45, 2.75) is 9.10 Å². The molecule has 3 aromatic rings. The first-order chi connectivity index (χ1) is 12.1. The van der Waals surface area contributed by atoms with Crippen LogP contribution in [-0.2, 0) is 20.0 Å². The van der Waals surface area contributed by atoms with Gasteiger partial charge in [-0.1, -0.05) is 34.1 Å². The van der Waals surface area contributed by atoms with Crippen LogP contribution in [0.3, 0.4) is 0 Å². The molecule has 26 heavy (non-hydrogen) atoms. The molecule has 0 amide bonds. The molecule has 0 aliphatic carbocycles. The number of rotatable bonds is 5. The van der Waals surface area contributed by atoms with Crippen LogP contribution >= 0.6 is 27.3 Å². The van der Waals surface area contributed by atoms with Crippen molar-refractivity contribution in [3.63, 3.8) is 0 Å². The zero-order valence-electron chi connectivity index (χ0n) is 13.0. The number of sulfonamides is 2. The lowest BCUT2D eigenvalue weighted by molar-refractivity contribution is 0.596. The van der Waals surface area contributed by atoms with Gasteiger partial charge in [-0.15, -0.1) is 11.3 Å². The fourth-order valence-corrected chi connectivity index (χ4v) is 5.06. The molecule has 0 fully saturated rings. The average molecular weight is 474 g/mol. The highest BCUT2D eigenvalue weighted by Crippen LogP contribution is 2.30. The highest BCUT2D eigenvalue weighted by atomic mass is 79.9. The minimum atomic E-state index is -3.93. The first-order valence-electron chi connectivity index (χ1n) is 7.03. The van der Waals surface area contributed by atoms with Gasteiger partial charge < -0.3 is 0 Å². The Labute approximate surface area is 163 Å². The van der Waals surface area contributed by atoms with Gasteiger partial charge in [-0.3, -0.25) is 4.72 Å². The van der Waals surface area contributed by atoms with Crippen LogP contribution in [0.4, 0.5) is 5.69 Å². The lowest BCUT2D eigenvalue weighted by Crippen LogP contribution is -2.14. The lowest BCUT2D eigenvalue weighted by atomic mass is 10.2. The summed E-state index contributed by atoms with van der Waals surface area (Å²) in [4.78, 5) is 3.97. The van der Waals surface area contributed by atoms with Crippen LogP contribution in [0, 0.1) is 0 Å². The summed E-state index contributed by atoms with van der Waals surface area (Å²) in [5.74, 6) is 0. The molecule has 3 N–H and O–H groups in total. The molecule has 7 nitrogen and oxygen atoms in total. The first-order valence-corrected chi connectivity index (χ1v) is 11.7. The van der Waals surface area contributed by atoms with Gasteiger partial charge in [-0.25, -0.2) is 27.0 Å². The molecule has 0 atom stereocenters. The topological polar surface area (TPSA) is 119 Å². The van der Waals surface area contributed by atoms with E-state index in [-0.39, 0.29) is 14.8 Å². The van der Waals surface area contributed by atoms with Crippen LogP contribution in [0.15, 0.2) is 68.3 Å². The molecule has 3 rings (SSSR count). The molecule has 11 heteroatoms. The smallest absolute Gasteiger partial charge is 0.273 e. The van der Waals surface area contributed by atoms with Crippen molar-refractivity contribution >= 4 is 53.0 Å². The third-order valence-electron chi connectivity index (χ3n) is 3.26. The van der Waals surface area contributed by atoms with Crippen molar-refractivity contribution in [3.05, 3.63) is 59.2 Å². The fourth-order valence-electron chi connectivity index (χ4n) is 2.05. The number of primary sulfonamides is 1. The van der Waals surface area contributed by atoms with Gasteiger partial charge in [0.25, 0.3) is 10.0 Å². The molecule has 0 unspecified atom stereocenters. The number of halogens is 1. The molecule has 0 saturated carbocycles. The molecule has 1 heterocycles. The Kier molecular flexibility index (Phi) is 5.17. The predicted molar refractivity (Wildman–Crippen MR) is 104 cm³/mol. The largest absolute Gasteiger partial charge is 0.279 e. The molecule has 0 aliphatic heterocycles. The van der Waals surface area contributed by atoms with E-state index in [0.29, 0.717) is 5.01 Å². The fraction of sp³-hybridized carbons (Fsp3) is 0. The summed E-state index contributed by atoms with van der Waals surface area (Å²) in [6, 6.07) is 12.6. The standard InChI is InChI=1S/C15H12BrN3O4S3/c16-11-6-4-10(5-7-11)15-18-9-14(24-15)26(22,23)19-12-2-1-3-13(8-12)25(17,20)21/h1-9,19H,(H2,17,20,21). The van der Waals surface area contributed by atoms with Gasteiger partial charge in [0, 0.05) is 10.0 Å². The van der Waals surface area contributed by atoms with E-state index < -0.39 is 20.0 Å². The molecule has 0 bridgehead atoms. The van der Waals surface area contributed by atoms with Gasteiger partial charge in [-0.05, 0) is 30.3 Å². The van der Waals surface area contributed by atoms with E-state index in [2.05, 4.69) is 25.6 Å². The number of anilines is 1. The average Bonchev–Trinajstić information content (AvgIpc) is 3.05. The summed E-state index contributed by atoms with van der Waals surface area (Å²) in [6.07, 6.45) is 1.26. The van der Waals surface area contributed by atoms with E-state index in [0.717, 1.165) is 27.4 Å². The maximum atomic E-state index is 12.5. The Bertz CT molecular complexity index is 1160. The van der Waals surface area contributed by atoms with E-state index in [1.807, 2.05) is 24.3 Å². The molecule has 0 spiro atoms. The van der Waals surface area contributed by atoms with E-state index in [1.165, 1.54) is 24.4 Å². The first kappa shape index (κ1) is 19.0. The van der Waals surface area contributed by atoms with Gasteiger partial charge in [0.15, 0.2) is 4.21 Å². The minimum Gasteiger partial charge on any atom is -0.279 e. The number of thiazole rings is 1. The Balaban J connectivity index is 1.89. The van der Waals surface area contributed by atoms with Crippen LogP contribution in [0.25, 0.3) is 10.6 Å². The third kappa shape index (κ3) is 4.30. The third-order valence-corrected chi connectivity index (χ3v) is 7.58. The Morgan fingerprint density at radius 2 is 1.73 bits per heavy atom. The van der Waals surface area contributed by atoms with Crippen LogP contribution in [0.2, 0.25) is 0 Å². The van der Waals surface area contributed by atoms with Gasteiger partial charge in [0.05, 0.1) is 16.8 Å². The minimum absolute atomic E-state index is 0.0106. The van der Waals surface area contributed by atoms with Gasteiger partial charge in [0.2, 0.25) is 10.0 Å². The quantitative estimate of drug-likeness (QED) is 0.589. The SMILES string of the molecule is NS(=O)(=O)c1cccc(NS(=O)(=O)c2cnc(-c3ccc(Br)cc3)s2)c1. The van der Waals surface area contributed by atoms with E-state index in [4.69, 9.17) is 5.14 Å². The van der Waals surface area contributed by atoms with Crippen molar-refractivity contribution < 1.29 is 16.8 Å². The molecule has 0 saturated heterocycles. The summed E-state index contributed by atoms with van der Waals surface area (Å²) in [6.45, 7) is 0. The number of hydrogen-bond acceptors (Lipinski definition) is 6. The molecule has 0 radical (unpaired) electrons. The van der Waals surface area contributed by atoms with Gasteiger partial charge in [-0.2, -0.15) is 0 Å². The number of nitrogens with two attached hydrogens (primary N) is 1. The van der Waals surface area contributed by atoms with Crippen molar-refractivity contribution in [1.29, 1.82) is 0 Å². The number of nitrogens with one attached hydrogen (secondary N) is 1. The highest BCUT2D eigenvalue weighted by Gasteiger charge is 2.19. The van der Waals surface area contributed by atoms with Crippen LogP contribution in [0.1, 0.15) is 0 Å². The monoisotopic (exact) mass is 473 g/mol. The van der Waals surface area contributed by atoms with Crippen molar-refractivity contribution in [1.82, 2.24) is 4.98 Å². The number of benzene rings is 2. The zero-order chi connectivity index (χ0) is 18.9. The summed E-state index contributed by atoms with van der Waals surface area (Å²) >= 11 is 4.35. The Hall–Kier alpha value is -1.79. The number of aromatic nitrogens is 1. The second-order valence-electron chi connectivity index (χ2n) is 5.17. The maximum absolute atomic E-state index is 12.5. The summed E-state index contributed by atoms with van der Waals surface area (Å²) < 4.78 is 51.1. The summed E-state index contributed by atoms with van der Waals surface area (Å²) in [7, 11) is -7.84. The van der Waals surface area contributed by atoms with Crippen LogP contribution in [0.5, 0.6) is 0 Å². The maximum Gasteiger partial charge on any atom is 0.273 e. The predicted octanol–water partition coefficient (Wildman–Crippen LogP) is 3.02. The van der Waals surface area contributed by atoms with E-state index in [1.54, 1.807) is 0 Å². The lowest BCUT2D eigenvalue weighted by Gasteiger charge is -2.07. The van der Waals surface area contributed by atoms with Gasteiger partial charge >= 0.3 is 0 Å². The van der Waals surface area contributed by atoms with Crippen LogP contribution in [-0.4, -0.2) is 21.8 Å². The molecule has 136 valence electrons. The van der Waals surface area contributed by atoms with Crippen molar-refractivity contribution in [2.24, 2.45) is 5.14 Å². The summed E-state index contributed by atoms with van der Waals surface area (Å²) in [5.41, 5.74) is 0.881. The van der Waals surface area contributed by atoms with Crippen molar-refractivity contribution in [2.75, 3.05) is 4.72 Å². The Morgan fingerprint density at radius 3 is 2.38 bits per heavy atom. The second-order valence-corrected chi connectivity index (χ2v) is 10.6. The highest BCUT2D eigenvalue weighted by molar-refractivity contribution is 9.10. The van der Waals surface area contributed by atoms with E-state index >= 15 is 0 Å². The van der Waals surface area contributed by atoms with Gasteiger partial charge in [0.1, 0.15) is 5.01 Å². The normalized spacial score (nSPS) is 12.1. The Morgan fingerprint density at radius 1 is 1.04 bits per heavy atom. The molecule has 2 aromatic carbocycles. The second kappa shape index (κ2) is 7.08. The van der Waals surface area contributed by atoms with Crippen LogP contribution < -0.4 is 9.86 Å². The summed E-state index contributed by atoms with van der Waals surface area (Å²) in [5, 5.41) is 5.61. The molecule has 0 aliphatic rings. The number of hydrogen-bond donors (Lipinski definition) is 2. The van der Waals surface area contributed by atoms with E-state index in [9.17, 15) is 16.8 Å². The molecular formula is C15H12BrN3O4S3. The van der Waals surface area contributed by atoms with Crippen molar-refractivity contribution in [3.8, 4) is 10.6 Å². The molecule has 1 aromatic heterocycles. The molecular weight excluding hydrogens is 462 g/mol. The number of nitrogens with zero attached hydrogens (tertiary/aromatic N) is 1.